The topological polar surface area (TPSA) is 80.8 Å². The molecule has 0 bridgehead atoms. The quantitative estimate of drug-likeness (QED) is 0.707. The van der Waals surface area contributed by atoms with E-state index in [9.17, 15) is 16.8 Å². The minimum absolute atomic E-state index is 0.107. The molecule has 0 unspecified atom stereocenters. The fraction of sp³-hybridized carbons (Fsp3) is 0.538. The summed E-state index contributed by atoms with van der Waals surface area (Å²) >= 11 is 0. The standard InChI is InChI=1S/C13H21NO5S2/c1-5-21(17,18)19-13-8-6-12(7-9-13)10-14(11(2)3)20(4,15)16/h6-9,11H,5,10H2,1-4H3. The largest absolute Gasteiger partial charge is 0.382 e. The van der Waals surface area contributed by atoms with E-state index in [2.05, 4.69) is 0 Å². The molecule has 0 N–H and O–H groups in total. The number of hydrogen-bond acceptors (Lipinski definition) is 5. The van der Waals surface area contributed by atoms with Crippen LogP contribution in [-0.4, -0.2) is 39.2 Å². The normalized spacial score (nSPS) is 12.9. The average Bonchev–Trinajstić information content (AvgIpc) is 2.35. The van der Waals surface area contributed by atoms with E-state index >= 15 is 0 Å². The summed E-state index contributed by atoms with van der Waals surface area (Å²) < 4.78 is 52.3. The fourth-order valence-electron chi connectivity index (χ4n) is 1.72. The van der Waals surface area contributed by atoms with Gasteiger partial charge in [-0.3, -0.25) is 0 Å². The van der Waals surface area contributed by atoms with Gasteiger partial charge in [0.15, 0.2) is 0 Å². The van der Waals surface area contributed by atoms with Crippen molar-refractivity contribution < 1.29 is 21.0 Å². The Morgan fingerprint density at radius 2 is 1.62 bits per heavy atom. The number of rotatable bonds is 7. The zero-order chi connectivity index (χ0) is 16.3. The van der Waals surface area contributed by atoms with Crippen molar-refractivity contribution >= 4 is 20.1 Å². The van der Waals surface area contributed by atoms with Crippen LogP contribution < -0.4 is 4.18 Å². The van der Waals surface area contributed by atoms with Crippen molar-refractivity contribution in [3.63, 3.8) is 0 Å². The van der Waals surface area contributed by atoms with Crippen LogP contribution in [0.2, 0.25) is 0 Å². The number of hydrogen-bond donors (Lipinski definition) is 0. The zero-order valence-electron chi connectivity index (χ0n) is 12.6. The molecule has 0 fully saturated rings. The molecular formula is C13H21NO5S2. The third kappa shape index (κ3) is 5.64. The molecule has 0 heterocycles. The lowest BCUT2D eigenvalue weighted by Crippen LogP contribution is -2.35. The molecule has 120 valence electrons. The van der Waals surface area contributed by atoms with E-state index in [0.29, 0.717) is 0 Å². The zero-order valence-corrected chi connectivity index (χ0v) is 14.2. The maximum Gasteiger partial charge on any atom is 0.308 e. The first-order chi connectivity index (χ1) is 9.55. The van der Waals surface area contributed by atoms with Gasteiger partial charge in [0.05, 0.1) is 12.0 Å². The maximum atomic E-state index is 11.7. The molecule has 0 aromatic heterocycles. The molecule has 0 atom stereocenters. The summed E-state index contributed by atoms with van der Waals surface area (Å²) in [6.07, 6.45) is 1.16. The molecule has 0 amide bonds. The second-order valence-electron chi connectivity index (χ2n) is 4.98. The van der Waals surface area contributed by atoms with Gasteiger partial charge in [-0.2, -0.15) is 12.7 Å². The predicted octanol–water partition coefficient (Wildman–Crippen LogP) is 1.59. The second-order valence-corrected chi connectivity index (χ2v) is 8.77. The van der Waals surface area contributed by atoms with Crippen LogP contribution in [0.4, 0.5) is 0 Å². The highest BCUT2D eigenvalue weighted by molar-refractivity contribution is 7.88. The summed E-state index contributed by atoms with van der Waals surface area (Å²) in [5, 5.41) is 0. The Hall–Kier alpha value is -1.12. The van der Waals surface area contributed by atoms with Gasteiger partial charge in [0.2, 0.25) is 10.0 Å². The van der Waals surface area contributed by atoms with Gasteiger partial charge >= 0.3 is 10.1 Å². The first-order valence-electron chi connectivity index (χ1n) is 6.53. The number of benzene rings is 1. The van der Waals surface area contributed by atoms with Gasteiger partial charge in [-0.1, -0.05) is 12.1 Å². The van der Waals surface area contributed by atoms with Crippen LogP contribution in [0.1, 0.15) is 26.3 Å². The molecule has 21 heavy (non-hydrogen) atoms. The minimum Gasteiger partial charge on any atom is -0.382 e. The molecular weight excluding hydrogens is 314 g/mol. The summed E-state index contributed by atoms with van der Waals surface area (Å²) in [5.41, 5.74) is 0.760. The Morgan fingerprint density at radius 3 is 2.00 bits per heavy atom. The van der Waals surface area contributed by atoms with E-state index in [1.165, 1.54) is 23.4 Å². The summed E-state index contributed by atoms with van der Waals surface area (Å²) in [5.74, 6) is 0.111. The third-order valence-electron chi connectivity index (χ3n) is 2.84. The summed E-state index contributed by atoms with van der Waals surface area (Å²) in [6.45, 7) is 5.33. The molecule has 0 aliphatic heterocycles. The van der Waals surface area contributed by atoms with Crippen molar-refractivity contribution in [3.05, 3.63) is 29.8 Å². The highest BCUT2D eigenvalue weighted by atomic mass is 32.2. The Balaban J connectivity index is 2.88. The van der Waals surface area contributed by atoms with E-state index in [0.717, 1.165) is 11.8 Å². The van der Waals surface area contributed by atoms with Crippen LogP contribution in [0.15, 0.2) is 24.3 Å². The van der Waals surface area contributed by atoms with Crippen LogP contribution in [0.25, 0.3) is 0 Å². The van der Waals surface area contributed by atoms with Crippen molar-refractivity contribution in [1.82, 2.24) is 4.31 Å². The van der Waals surface area contributed by atoms with Crippen molar-refractivity contribution in [3.8, 4) is 5.75 Å². The minimum atomic E-state index is -3.55. The van der Waals surface area contributed by atoms with Gasteiger partial charge in [0.25, 0.3) is 0 Å². The van der Waals surface area contributed by atoms with Crippen LogP contribution in [0.5, 0.6) is 5.75 Å². The van der Waals surface area contributed by atoms with Crippen molar-refractivity contribution in [2.75, 3.05) is 12.0 Å². The van der Waals surface area contributed by atoms with E-state index in [4.69, 9.17) is 4.18 Å². The van der Waals surface area contributed by atoms with Gasteiger partial charge in [-0.15, -0.1) is 0 Å². The lowest BCUT2D eigenvalue weighted by Gasteiger charge is -2.24. The van der Waals surface area contributed by atoms with E-state index in [-0.39, 0.29) is 24.1 Å². The maximum absolute atomic E-state index is 11.7. The average molecular weight is 335 g/mol. The lowest BCUT2D eigenvalue weighted by atomic mass is 10.2. The smallest absolute Gasteiger partial charge is 0.308 e. The van der Waals surface area contributed by atoms with Crippen LogP contribution in [0.3, 0.4) is 0 Å². The molecule has 1 aromatic carbocycles. The van der Waals surface area contributed by atoms with Gasteiger partial charge in [0, 0.05) is 12.6 Å². The summed E-state index contributed by atoms with van der Waals surface area (Å²) in [4.78, 5) is 0. The second kappa shape index (κ2) is 6.76. The van der Waals surface area contributed by atoms with Crippen LogP contribution in [0, 0.1) is 0 Å². The van der Waals surface area contributed by atoms with Crippen LogP contribution in [-0.2, 0) is 26.7 Å². The van der Waals surface area contributed by atoms with Crippen molar-refractivity contribution in [1.29, 1.82) is 0 Å². The lowest BCUT2D eigenvalue weighted by molar-refractivity contribution is 0.351. The highest BCUT2D eigenvalue weighted by Gasteiger charge is 2.20. The first kappa shape index (κ1) is 17.9. The third-order valence-corrected chi connectivity index (χ3v) is 5.40. The van der Waals surface area contributed by atoms with E-state index in [1.54, 1.807) is 26.0 Å². The molecule has 0 spiro atoms. The van der Waals surface area contributed by atoms with Gasteiger partial charge in [-0.05, 0) is 38.5 Å². The molecule has 0 saturated carbocycles. The molecule has 6 nitrogen and oxygen atoms in total. The number of nitrogens with zero attached hydrogens (tertiary/aromatic N) is 1. The first-order valence-corrected chi connectivity index (χ1v) is 9.95. The Labute approximate surface area is 126 Å². The molecule has 1 rings (SSSR count). The summed E-state index contributed by atoms with van der Waals surface area (Å²) in [6, 6.07) is 6.19. The highest BCUT2D eigenvalue weighted by Crippen LogP contribution is 2.18. The Bertz CT molecular complexity index is 663. The molecule has 8 heteroatoms. The molecule has 0 aliphatic rings. The van der Waals surface area contributed by atoms with Crippen molar-refractivity contribution in [2.45, 2.75) is 33.4 Å². The number of sulfonamides is 1. The van der Waals surface area contributed by atoms with Crippen LogP contribution >= 0.6 is 0 Å². The Kier molecular flexibility index (Phi) is 5.77. The molecule has 0 radical (unpaired) electrons. The summed E-state index contributed by atoms with van der Waals surface area (Å²) in [7, 11) is -6.85. The van der Waals surface area contributed by atoms with Crippen molar-refractivity contribution in [2.24, 2.45) is 0 Å². The fourth-order valence-corrected chi connectivity index (χ4v) is 3.39. The van der Waals surface area contributed by atoms with Gasteiger partial charge in [0.1, 0.15) is 5.75 Å². The van der Waals surface area contributed by atoms with E-state index in [1.807, 2.05) is 0 Å². The molecule has 1 aromatic rings. The van der Waals surface area contributed by atoms with Gasteiger partial charge < -0.3 is 4.18 Å². The van der Waals surface area contributed by atoms with Gasteiger partial charge in [-0.25, -0.2) is 8.42 Å². The Morgan fingerprint density at radius 1 is 1.10 bits per heavy atom. The SMILES string of the molecule is CCS(=O)(=O)Oc1ccc(CN(C(C)C)S(C)(=O)=O)cc1. The monoisotopic (exact) mass is 335 g/mol. The molecule has 0 aliphatic carbocycles. The van der Waals surface area contributed by atoms with E-state index < -0.39 is 20.1 Å². The molecule has 0 saturated heterocycles. The predicted molar refractivity (Wildman–Crippen MR) is 82.1 cm³/mol.